The first-order valence-electron chi connectivity index (χ1n) is 3.09. The summed E-state index contributed by atoms with van der Waals surface area (Å²) in [5.74, 6) is 0. The van der Waals surface area contributed by atoms with E-state index in [2.05, 4.69) is 0 Å². The summed E-state index contributed by atoms with van der Waals surface area (Å²) in [5, 5.41) is -0.345. The van der Waals surface area contributed by atoms with E-state index in [1.165, 1.54) is 0 Å². The Balaban J connectivity index is 2.19. The Hall–Kier alpha value is -0.260. The summed E-state index contributed by atoms with van der Waals surface area (Å²) < 4.78 is 6.98. The van der Waals surface area contributed by atoms with Gasteiger partial charge in [-0.05, 0) is 0 Å². The molecule has 0 spiro atoms. The van der Waals surface area contributed by atoms with Crippen molar-refractivity contribution in [3.8, 4) is 0 Å². The SMILES string of the molecule is NC(=O)SN1CCOCC1. The number of carbonyl (C=O) groups excluding carboxylic acids is 1. The second-order valence-electron chi connectivity index (χ2n) is 1.95. The highest BCUT2D eigenvalue weighted by Gasteiger charge is 2.12. The van der Waals surface area contributed by atoms with Crippen LogP contribution in [-0.2, 0) is 4.74 Å². The molecule has 0 saturated carbocycles. The van der Waals surface area contributed by atoms with Crippen LogP contribution >= 0.6 is 11.9 Å². The molecule has 1 amide bonds. The van der Waals surface area contributed by atoms with Crippen LogP contribution in [-0.4, -0.2) is 35.8 Å². The van der Waals surface area contributed by atoms with E-state index in [1.807, 2.05) is 4.31 Å². The predicted molar refractivity (Wildman–Crippen MR) is 39.6 cm³/mol. The van der Waals surface area contributed by atoms with Gasteiger partial charge in [0.05, 0.1) is 13.2 Å². The summed E-state index contributed by atoms with van der Waals surface area (Å²) in [5.41, 5.74) is 4.96. The van der Waals surface area contributed by atoms with Gasteiger partial charge in [-0.3, -0.25) is 4.79 Å². The molecule has 0 bridgehead atoms. The summed E-state index contributed by atoms with van der Waals surface area (Å²) in [4.78, 5) is 10.4. The third-order valence-electron chi connectivity index (χ3n) is 1.19. The lowest BCUT2D eigenvalue weighted by molar-refractivity contribution is 0.0775. The van der Waals surface area contributed by atoms with Crippen LogP contribution < -0.4 is 5.73 Å². The molecule has 1 saturated heterocycles. The highest BCUT2D eigenvalue weighted by Crippen LogP contribution is 2.10. The van der Waals surface area contributed by atoms with Gasteiger partial charge in [-0.25, -0.2) is 4.31 Å². The number of hydrogen-bond donors (Lipinski definition) is 1. The van der Waals surface area contributed by atoms with Gasteiger partial charge in [0.2, 0.25) is 0 Å². The van der Waals surface area contributed by atoms with E-state index in [0.717, 1.165) is 25.0 Å². The molecule has 4 nitrogen and oxygen atoms in total. The van der Waals surface area contributed by atoms with Crippen LogP contribution in [0.4, 0.5) is 4.79 Å². The molecule has 0 radical (unpaired) electrons. The Bertz CT molecular complexity index is 125. The van der Waals surface area contributed by atoms with Crippen molar-refractivity contribution < 1.29 is 9.53 Å². The zero-order valence-corrected chi connectivity index (χ0v) is 6.39. The molecule has 58 valence electrons. The van der Waals surface area contributed by atoms with Crippen molar-refractivity contribution in [2.75, 3.05) is 26.3 Å². The molecular formula is C5H10N2O2S. The number of hydrogen-bond acceptors (Lipinski definition) is 4. The number of nitrogens with two attached hydrogens (primary N) is 1. The normalized spacial score (nSPS) is 20.8. The van der Waals surface area contributed by atoms with Crippen LogP contribution in [0.3, 0.4) is 0 Å². The Kier molecular flexibility index (Phi) is 2.98. The third kappa shape index (κ3) is 2.55. The lowest BCUT2D eigenvalue weighted by atomic mass is 10.5. The van der Waals surface area contributed by atoms with Gasteiger partial charge in [0.1, 0.15) is 0 Å². The molecule has 0 aliphatic carbocycles. The molecule has 1 fully saturated rings. The number of morpholine rings is 1. The molecular weight excluding hydrogens is 152 g/mol. The minimum absolute atomic E-state index is 0.345. The van der Waals surface area contributed by atoms with Gasteiger partial charge in [0.25, 0.3) is 5.24 Å². The Labute approximate surface area is 63.8 Å². The average molecular weight is 162 g/mol. The van der Waals surface area contributed by atoms with Crippen molar-refractivity contribution in [3.63, 3.8) is 0 Å². The van der Waals surface area contributed by atoms with Crippen LogP contribution in [0, 0.1) is 0 Å². The summed E-state index contributed by atoms with van der Waals surface area (Å²) >= 11 is 1.07. The van der Waals surface area contributed by atoms with E-state index in [-0.39, 0.29) is 5.24 Å². The van der Waals surface area contributed by atoms with Gasteiger partial charge in [0.15, 0.2) is 0 Å². The zero-order chi connectivity index (χ0) is 7.40. The molecule has 2 N–H and O–H groups in total. The first-order chi connectivity index (χ1) is 4.79. The molecule has 0 aromatic rings. The largest absolute Gasteiger partial charge is 0.379 e. The predicted octanol–water partition coefficient (Wildman–Crippen LogP) is 0.0455. The van der Waals surface area contributed by atoms with Crippen LogP contribution in [0.1, 0.15) is 0 Å². The molecule has 0 atom stereocenters. The van der Waals surface area contributed by atoms with E-state index in [0.29, 0.717) is 13.2 Å². The zero-order valence-electron chi connectivity index (χ0n) is 5.58. The second kappa shape index (κ2) is 3.80. The van der Waals surface area contributed by atoms with Crippen LogP contribution in [0.2, 0.25) is 0 Å². The minimum atomic E-state index is -0.345. The summed E-state index contributed by atoms with van der Waals surface area (Å²) in [7, 11) is 0. The highest BCUT2D eigenvalue weighted by molar-refractivity contribution is 8.11. The van der Waals surface area contributed by atoms with Gasteiger partial charge >= 0.3 is 0 Å². The average Bonchev–Trinajstić information content (AvgIpc) is 1.88. The third-order valence-corrected chi connectivity index (χ3v) is 1.99. The molecule has 1 aliphatic heterocycles. The van der Waals surface area contributed by atoms with E-state index in [1.54, 1.807) is 0 Å². The van der Waals surface area contributed by atoms with Crippen LogP contribution in [0.15, 0.2) is 0 Å². The van der Waals surface area contributed by atoms with Crippen LogP contribution in [0.25, 0.3) is 0 Å². The number of nitrogens with zero attached hydrogens (tertiary/aromatic N) is 1. The summed E-state index contributed by atoms with van der Waals surface area (Å²) in [6.45, 7) is 2.96. The fourth-order valence-electron chi connectivity index (χ4n) is 0.765. The maximum atomic E-state index is 10.4. The fraction of sp³-hybridized carbons (Fsp3) is 0.800. The molecule has 0 aromatic heterocycles. The quantitative estimate of drug-likeness (QED) is 0.553. The van der Waals surface area contributed by atoms with E-state index in [9.17, 15) is 4.79 Å². The van der Waals surface area contributed by atoms with Gasteiger partial charge in [-0.1, -0.05) is 0 Å². The number of rotatable bonds is 1. The number of primary amides is 1. The van der Waals surface area contributed by atoms with E-state index >= 15 is 0 Å². The lowest BCUT2D eigenvalue weighted by Crippen LogP contribution is -2.32. The minimum Gasteiger partial charge on any atom is -0.379 e. The molecule has 10 heavy (non-hydrogen) atoms. The van der Waals surface area contributed by atoms with Gasteiger partial charge < -0.3 is 10.5 Å². The summed E-state index contributed by atoms with van der Waals surface area (Å²) in [6, 6.07) is 0. The highest BCUT2D eigenvalue weighted by atomic mass is 32.2. The molecule has 1 heterocycles. The maximum Gasteiger partial charge on any atom is 0.291 e. The number of carbonyl (C=O) groups is 1. The standard InChI is InChI=1S/C5H10N2O2S/c6-5(8)10-7-1-3-9-4-2-7/h1-4H2,(H2,6,8). The summed E-state index contributed by atoms with van der Waals surface area (Å²) in [6.07, 6.45) is 0. The van der Waals surface area contributed by atoms with Crippen molar-refractivity contribution in [1.82, 2.24) is 4.31 Å². The van der Waals surface area contributed by atoms with Gasteiger partial charge in [-0.15, -0.1) is 0 Å². The number of amides is 1. The van der Waals surface area contributed by atoms with Crippen molar-refractivity contribution >= 4 is 17.2 Å². The smallest absolute Gasteiger partial charge is 0.291 e. The molecule has 5 heteroatoms. The van der Waals surface area contributed by atoms with Crippen molar-refractivity contribution in [2.45, 2.75) is 0 Å². The van der Waals surface area contributed by atoms with Gasteiger partial charge in [0, 0.05) is 25.0 Å². The first-order valence-corrected chi connectivity index (χ1v) is 3.86. The Morgan fingerprint density at radius 2 is 2.10 bits per heavy atom. The van der Waals surface area contributed by atoms with Gasteiger partial charge in [-0.2, -0.15) is 0 Å². The molecule has 0 aromatic carbocycles. The van der Waals surface area contributed by atoms with E-state index in [4.69, 9.17) is 10.5 Å². The Morgan fingerprint density at radius 3 is 2.60 bits per heavy atom. The monoisotopic (exact) mass is 162 g/mol. The molecule has 1 rings (SSSR count). The van der Waals surface area contributed by atoms with Crippen molar-refractivity contribution in [2.24, 2.45) is 5.73 Å². The Morgan fingerprint density at radius 1 is 1.50 bits per heavy atom. The molecule has 0 unspecified atom stereocenters. The van der Waals surface area contributed by atoms with Crippen LogP contribution in [0.5, 0.6) is 0 Å². The lowest BCUT2D eigenvalue weighted by Gasteiger charge is -2.23. The second-order valence-corrected chi connectivity index (χ2v) is 3.05. The maximum absolute atomic E-state index is 10.4. The number of ether oxygens (including phenoxy) is 1. The first kappa shape index (κ1) is 7.84. The van der Waals surface area contributed by atoms with Crippen molar-refractivity contribution in [3.05, 3.63) is 0 Å². The fourth-order valence-corrected chi connectivity index (χ4v) is 1.35. The van der Waals surface area contributed by atoms with E-state index < -0.39 is 0 Å². The topological polar surface area (TPSA) is 55.6 Å². The van der Waals surface area contributed by atoms with Crippen molar-refractivity contribution in [1.29, 1.82) is 0 Å². The molecule has 1 aliphatic rings.